The number of carbonyl (C=O) groups is 1. The van der Waals surface area contributed by atoms with E-state index in [-0.39, 0.29) is 12.0 Å². The number of rotatable bonds is 4. The largest absolute Gasteiger partial charge is 0.491 e. The first-order valence-electron chi connectivity index (χ1n) is 6.14. The molecule has 0 aliphatic carbocycles. The number of pyridine rings is 1. The lowest BCUT2D eigenvalue weighted by Crippen LogP contribution is -2.13. The zero-order valence-electron chi connectivity index (χ0n) is 11.0. The molecule has 0 fully saturated rings. The van der Waals surface area contributed by atoms with Crippen LogP contribution in [-0.2, 0) is 0 Å². The van der Waals surface area contributed by atoms with Gasteiger partial charge in [0.1, 0.15) is 11.6 Å². The minimum Gasteiger partial charge on any atom is -0.491 e. The smallest absolute Gasteiger partial charge is 0.256 e. The number of amides is 1. The molecule has 0 saturated carbocycles. The van der Waals surface area contributed by atoms with E-state index in [2.05, 4.69) is 10.3 Å². The number of anilines is 1. The highest BCUT2D eigenvalue weighted by atomic mass is 16.5. The van der Waals surface area contributed by atoms with Gasteiger partial charge in [-0.2, -0.15) is 0 Å². The van der Waals surface area contributed by atoms with Crippen LogP contribution >= 0.6 is 0 Å². The van der Waals surface area contributed by atoms with Crippen molar-refractivity contribution in [1.29, 1.82) is 0 Å². The van der Waals surface area contributed by atoms with E-state index in [1.165, 1.54) is 0 Å². The van der Waals surface area contributed by atoms with E-state index in [4.69, 9.17) is 4.74 Å². The lowest BCUT2D eigenvalue weighted by Gasteiger charge is -2.10. The number of nitrogens with one attached hydrogen (secondary N) is 1. The molecule has 0 aliphatic heterocycles. The Balaban J connectivity index is 2.04. The van der Waals surface area contributed by atoms with Gasteiger partial charge in [-0.05, 0) is 50.2 Å². The van der Waals surface area contributed by atoms with Crippen molar-refractivity contribution in [1.82, 2.24) is 4.98 Å². The van der Waals surface area contributed by atoms with Gasteiger partial charge in [0.2, 0.25) is 0 Å². The van der Waals surface area contributed by atoms with E-state index in [0.717, 1.165) is 5.75 Å². The van der Waals surface area contributed by atoms with Crippen molar-refractivity contribution in [3.8, 4) is 5.75 Å². The molecular weight excluding hydrogens is 240 g/mol. The predicted molar refractivity (Wildman–Crippen MR) is 74.4 cm³/mol. The van der Waals surface area contributed by atoms with Gasteiger partial charge >= 0.3 is 0 Å². The minimum absolute atomic E-state index is 0.119. The first-order valence-corrected chi connectivity index (χ1v) is 6.14. The average molecular weight is 256 g/mol. The van der Waals surface area contributed by atoms with Crippen molar-refractivity contribution in [3.63, 3.8) is 0 Å². The molecule has 0 spiro atoms. The van der Waals surface area contributed by atoms with Gasteiger partial charge in [0, 0.05) is 11.8 Å². The molecule has 0 atom stereocenters. The Morgan fingerprint density at radius 1 is 1.16 bits per heavy atom. The van der Waals surface area contributed by atoms with Gasteiger partial charge < -0.3 is 10.1 Å². The third-order valence-electron chi connectivity index (χ3n) is 2.39. The Bertz CT molecular complexity index is 536. The van der Waals surface area contributed by atoms with Crippen molar-refractivity contribution in [2.45, 2.75) is 20.0 Å². The number of nitrogens with zero attached hydrogens (tertiary/aromatic N) is 1. The Labute approximate surface area is 112 Å². The maximum Gasteiger partial charge on any atom is 0.256 e. The molecule has 1 amide bonds. The number of carbonyl (C=O) groups excluding carboxylic acids is 1. The average Bonchev–Trinajstić information content (AvgIpc) is 2.40. The number of ether oxygens (including phenoxy) is 1. The third-order valence-corrected chi connectivity index (χ3v) is 2.39. The van der Waals surface area contributed by atoms with Crippen LogP contribution in [-0.4, -0.2) is 17.0 Å². The molecule has 2 rings (SSSR count). The van der Waals surface area contributed by atoms with Crippen LogP contribution in [0.3, 0.4) is 0 Å². The fraction of sp³-hybridized carbons (Fsp3) is 0.200. The lowest BCUT2D eigenvalue weighted by atomic mass is 10.2. The summed E-state index contributed by atoms with van der Waals surface area (Å²) in [6, 6.07) is 12.4. The highest BCUT2D eigenvalue weighted by Crippen LogP contribution is 2.14. The topological polar surface area (TPSA) is 51.2 Å². The summed E-state index contributed by atoms with van der Waals surface area (Å²) in [7, 11) is 0. The van der Waals surface area contributed by atoms with Crippen molar-refractivity contribution in [3.05, 3.63) is 54.2 Å². The lowest BCUT2D eigenvalue weighted by molar-refractivity contribution is 0.102. The molecule has 19 heavy (non-hydrogen) atoms. The monoisotopic (exact) mass is 256 g/mol. The van der Waals surface area contributed by atoms with E-state index in [0.29, 0.717) is 11.4 Å². The summed E-state index contributed by atoms with van der Waals surface area (Å²) >= 11 is 0. The van der Waals surface area contributed by atoms with Crippen molar-refractivity contribution < 1.29 is 9.53 Å². The summed E-state index contributed by atoms with van der Waals surface area (Å²) in [5, 5.41) is 2.73. The van der Waals surface area contributed by atoms with E-state index in [9.17, 15) is 4.79 Å². The summed E-state index contributed by atoms with van der Waals surface area (Å²) < 4.78 is 5.52. The molecular formula is C15H16N2O2. The molecule has 4 nitrogen and oxygen atoms in total. The van der Waals surface area contributed by atoms with Crippen LogP contribution in [0, 0.1) is 0 Å². The molecule has 0 saturated heterocycles. The summed E-state index contributed by atoms with van der Waals surface area (Å²) in [6.45, 7) is 3.92. The first kappa shape index (κ1) is 13.1. The minimum atomic E-state index is -0.185. The quantitative estimate of drug-likeness (QED) is 0.914. The number of aromatic nitrogens is 1. The van der Waals surface area contributed by atoms with Crippen LogP contribution < -0.4 is 10.1 Å². The van der Waals surface area contributed by atoms with Gasteiger partial charge in [0.15, 0.2) is 0 Å². The van der Waals surface area contributed by atoms with Crippen molar-refractivity contribution in [2.24, 2.45) is 0 Å². The Morgan fingerprint density at radius 2 is 1.89 bits per heavy atom. The summed E-state index contributed by atoms with van der Waals surface area (Å²) in [4.78, 5) is 16.0. The van der Waals surface area contributed by atoms with E-state index < -0.39 is 0 Å². The second-order valence-corrected chi connectivity index (χ2v) is 4.36. The van der Waals surface area contributed by atoms with Gasteiger partial charge in [-0.25, -0.2) is 4.98 Å². The molecule has 0 unspecified atom stereocenters. The van der Waals surface area contributed by atoms with Gasteiger partial charge in [-0.15, -0.1) is 0 Å². The van der Waals surface area contributed by atoms with Crippen LogP contribution in [0.4, 0.5) is 5.82 Å². The molecule has 0 bridgehead atoms. The molecule has 1 N–H and O–H groups in total. The highest BCUT2D eigenvalue weighted by molar-refractivity contribution is 6.03. The van der Waals surface area contributed by atoms with Gasteiger partial charge in [0.25, 0.3) is 5.91 Å². The molecule has 1 aromatic carbocycles. The molecule has 2 aromatic rings. The second-order valence-electron chi connectivity index (χ2n) is 4.36. The van der Waals surface area contributed by atoms with Gasteiger partial charge in [-0.3, -0.25) is 4.79 Å². The summed E-state index contributed by atoms with van der Waals surface area (Å²) in [6.07, 6.45) is 1.75. The van der Waals surface area contributed by atoms with Gasteiger partial charge in [-0.1, -0.05) is 6.07 Å². The van der Waals surface area contributed by atoms with Crippen molar-refractivity contribution >= 4 is 11.7 Å². The highest BCUT2D eigenvalue weighted by Gasteiger charge is 2.07. The van der Waals surface area contributed by atoms with Crippen LogP contribution in [0.2, 0.25) is 0 Å². The van der Waals surface area contributed by atoms with Crippen LogP contribution in [0.1, 0.15) is 24.2 Å². The summed E-state index contributed by atoms with van der Waals surface area (Å²) in [5.41, 5.74) is 0.571. The Kier molecular flexibility index (Phi) is 4.13. The number of benzene rings is 1. The second kappa shape index (κ2) is 6.00. The summed E-state index contributed by atoms with van der Waals surface area (Å²) in [5.74, 6) is 1.11. The predicted octanol–water partition coefficient (Wildman–Crippen LogP) is 3.12. The molecule has 0 radical (unpaired) electrons. The standard InChI is InChI=1S/C15H16N2O2/c1-11(2)19-13-8-6-12(7-9-13)15(18)17-14-5-3-4-10-16-14/h3-11H,1-2H3,(H,16,17,18). The normalized spacial score (nSPS) is 10.3. The Hall–Kier alpha value is -2.36. The van der Waals surface area contributed by atoms with E-state index >= 15 is 0 Å². The fourth-order valence-electron chi connectivity index (χ4n) is 1.58. The molecule has 1 heterocycles. The fourth-order valence-corrected chi connectivity index (χ4v) is 1.58. The maximum absolute atomic E-state index is 12.0. The molecule has 4 heteroatoms. The van der Waals surface area contributed by atoms with E-state index in [1.807, 2.05) is 19.9 Å². The zero-order chi connectivity index (χ0) is 13.7. The van der Waals surface area contributed by atoms with Crippen LogP contribution in [0.15, 0.2) is 48.7 Å². The molecule has 98 valence electrons. The Morgan fingerprint density at radius 3 is 2.47 bits per heavy atom. The maximum atomic E-state index is 12.0. The zero-order valence-corrected chi connectivity index (χ0v) is 11.0. The SMILES string of the molecule is CC(C)Oc1ccc(C(=O)Nc2ccccn2)cc1. The third kappa shape index (κ3) is 3.81. The van der Waals surface area contributed by atoms with Gasteiger partial charge in [0.05, 0.1) is 6.10 Å². The van der Waals surface area contributed by atoms with Crippen LogP contribution in [0.25, 0.3) is 0 Å². The molecule has 1 aromatic heterocycles. The number of hydrogen-bond acceptors (Lipinski definition) is 3. The number of hydrogen-bond donors (Lipinski definition) is 1. The van der Waals surface area contributed by atoms with Crippen LogP contribution in [0.5, 0.6) is 5.75 Å². The van der Waals surface area contributed by atoms with Crippen molar-refractivity contribution in [2.75, 3.05) is 5.32 Å². The van der Waals surface area contributed by atoms with E-state index in [1.54, 1.807) is 42.6 Å². The molecule has 0 aliphatic rings. The first-order chi connectivity index (χ1) is 9.15.